The number of nitrogens with zero attached hydrogens (tertiary/aromatic N) is 2. The van der Waals surface area contributed by atoms with Crippen molar-refractivity contribution in [2.24, 2.45) is 4.99 Å². The van der Waals surface area contributed by atoms with Crippen molar-refractivity contribution in [2.75, 3.05) is 26.7 Å². The van der Waals surface area contributed by atoms with E-state index in [4.69, 9.17) is 0 Å². The Hall–Kier alpha value is -0.900. The van der Waals surface area contributed by atoms with E-state index in [1.54, 1.807) is 18.4 Å². The molecule has 6 nitrogen and oxygen atoms in total. The van der Waals surface area contributed by atoms with Crippen LogP contribution in [0.25, 0.3) is 0 Å². The molecule has 0 aliphatic carbocycles. The molecule has 1 aromatic heterocycles. The quantitative estimate of drug-likeness (QED) is 0.343. The topological polar surface area (TPSA) is 78.4 Å². The van der Waals surface area contributed by atoms with Crippen LogP contribution in [0.5, 0.6) is 0 Å². The number of thiazole rings is 1. The fourth-order valence-electron chi connectivity index (χ4n) is 1.65. The molecular weight excluding hydrogens is 413 g/mol. The van der Waals surface area contributed by atoms with E-state index in [0.717, 1.165) is 30.1 Å². The first-order chi connectivity index (χ1) is 10.1. The van der Waals surface area contributed by atoms with Crippen LogP contribution in [0, 0.1) is 13.8 Å². The molecule has 0 saturated carbocycles. The number of amides is 1. The number of hydrogen-bond acceptors (Lipinski definition) is 4. The highest BCUT2D eigenvalue weighted by atomic mass is 127. The molecule has 0 bridgehead atoms. The number of halogens is 1. The summed E-state index contributed by atoms with van der Waals surface area (Å²) in [5.74, 6) is 0.609. The predicted octanol–water partition coefficient (Wildman–Crippen LogP) is 1.61. The second-order valence-corrected chi connectivity index (χ2v) is 5.99. The van der Waals surface area contributed by atoms with Crippen molar-refractivity contribution in [3.63, 3.8) is 0 Å². The zero-order chi connectivity index (χ0) is 15.7. The number of nitrogens with one attached hydrogen (secondary N) is 3. The smallest absolute Gasteiger partial charge is 0.239 e. The second-order valence-electron chi connectivity index (χ2n) is 4.70. The van der Waals surface area contributed by atoms with Gasteiger partial charge in [-0.15, -0.1) is 35.3 Å². The van der Waals surface area contributed by atoms with Gasteiger partial charge in [0.05, 0.1) is 17.2 Å². The minimum Gasteiger partial charge on any atom is -0.356 e. The van der Waals surface area contributed by atoms with Crippen LogP contribution < -0.4 is 16.0 Å². The van der Waals surface area contributed by atoms with Crippen molar-refractivity contribution in [3.05, 3.63) is 15.6 Å². The number of aryl methyl sites for hydroxylation is 2. The standard InChI is InChI=1S/C14H25N5OS.HI/c1-5-7-16-12(20)9-18-14(15-4)17-8-6-13-19-10(2)11(3)21-13;/h5-9H2,1-4H3,(H,16,20)(H2,15,17,18);1H. The number of rotatable bonds is 7. The Labute approximate surface area is 153 Å². The Balaban J connectivity index is 0.00000441. The summed E-state index contributed by atoms with van der Waals surface area (Å²) in [5.41, 5.74) is 1.10. The third-order valence-electron chi connectivity index (χ3n) is 2.92. The average molecular weight is 439 g/mol. The minimum absolute atomic E-state index is 0. The van der Waals surface area contributed by atoms with Crippen molar-refractivity contribution < 1.29 is 4.79 Å². The Morgan fingerprint density at radius 1 is 1.23 bits per heavy atom. The molecule has 0 spiro atoms. The highest BCUT2D eigenvalue weighted by Crippen LogP contribution is 2.16. The first-order valence-electron chi connectivity index (χ1n) is 7.21. The molecule has 0 aliphatic heterocycles. The summed E-state index contributed by atoms with van der Waals surface area (Å²) < 4.78 is 0. The van der Waals surface area contributed by atoms with Gasteiger partial charge in [-0.2, -0.15) is 0 Å². The molecule has 3 N–H and O–H groups in total. The lowest BCUT2D eigenvalue weighted by atomic mass is 10.4. The molecule has 1 amide bonds. The summed E-state index contributed by atoms with van der Waals surface area (Å²) in [6, 6.07) is 0. The van der Waals surface area contributed by atoms with Gasteiger partial charge in [-0.3, -0.25) is 9.79 Å². The summed E-state index contributed by atoms with van der Waals surface area (Å²) in [5, 5.41) is 10.1. The van der Waals surface area contributed by atoms with E-state index >= 15 is 0 Å². The molecule has 1 heterocycles. The van der Waals surface area contributed by atoms with Gasteiger partial charge in [-0.05, 0) is 20.3 Å². The molecule has 1 aromatic rings. The van der Waals surface area contributed by atoms with E-state index in [-0.39, 0.29) is 36.4 Å². The molecule has 1 rings (SSSR count). The third-order valence-corrected chi connectivity index (χ3v) is 4.05. The molecule has 0 unspecified atom stereocenters. The largest absolute Gasteiger partial charge is 0.356 e. The molecule has 22 heavy (non-hydrogen) atoms. The first kappa shape index (κ1) is 21.1. The number of carbonyl (C=O) groups is 1. The third kappa shape index (κ3) is 7.92. The maximum absolute atomic E-state index is 11.5. The normalized spacial score (nSPS) is 10.8. The number of aliphatic imine (C=N–C) groups is 1. The maximum atomic E-state index is 11.5. The Kier molecular flexibility index (Phi) is 11.2. The van der Waals surface area contributed by atoms with Gasteiger partial charge >= 0.3 is 0 Å². The fraction of sp³-hybridized carbons (Fsp3) is 0.643. The number of carbonyl (C=O) groups excluding carboxylic acids is 1. The first-order valence-corrected chi connectivity index (χ1v) is 8.02. The lowest BCUT2D eigenvalue weighted by molar-refractivity contribution is -0.120. The van der Waals surface area contributed by atoms with Gasteiger partial charge in [0.2, 0.25) is 5.91 Å². The molecule has 0 atom stereocenters. The molecule has 0 fully saturated rings. The van der Waals surface area contributed by atoms with Gasteiger partial charge in [0.25, 0.3) is 0 Å². The van der Waals surface area contributed by atoms with Crippen LogP contribution in [0.2, 0.25) is 0 Å². The Morgan fingerprint density at radius 2 is 1.95 bits per heavy atom. The second kappa shape index (κ2) is 11.6. The lowest BCUT2D eigenvalue weighted by Gasteiger charge is -2.11. The molecule has 0 aliphatic rings. The van der Waals surface area contributed by atoms with E-state index in [2.05, 4.69) is 32.9 Å². The van der Waals surface area contributed by atoms with Crippen molar-refractivity contribution in [1.29, 1.82) is 0 Å². The van der Waals surface area contributed by atoms with Crippen LogP contribution in [0.1, 0.15) is 28.9 Å². The van der Waals surface area contributed by atoms with Gasteiger partial charge in [0, 0.05) is 31.4 Å². The zero-order valence-corrected chi connectivity index (χ0v) is 16.8. The molecule has 0 radical (unpaired) electrons. The van der Waals surface area contributed by atoms with Crippen LogP contribution in [0.15, 0.2) is 4.99 Å². The fourth-order valence-corrected chi connectivity index (χ4v) is 2.58. The van der Waals surface area contributed by atoms with E-state index in [9.17, 15) is 4.79 Å². The van der Waals surface area contributed by atoms with Crippen LogP contribution in [-0.4, -0.2) is 43.5 Å². The van der Waals surface area contributed by atoms with Gasteiger partial charge in [-0.1, -0.05) is 6.92 Å². The Bertz CT molecular complexity index is 470. The number of aromatic nitrogens is 1. The average Bonchev–Trinajstić information content (AvgIpc) is 2.79. The van der Waals surface area contributed by atoms with Crippen molar-refractivity contribution >= 4 is 47.2 Å². The van der Waals surface area contributed by atoms with Crippen LogP contribution in [0.3, 0.4) is 0 Å². The van der Waals surface area contributed by atoms with Gasteiger partial charge in [0.15, 0.2) is 5.96 Å². The summed E-state index contributed by atoms with van der Waals surface area (Å²) in [4.78, 5) is 21.3. The van der Waals surface area contributed by atoms with Gasteiger partial charge < -0.3 is 16.0 Å². The SMILES string of the molecule is CCCNC(=O)CNC(=NC)NCCc1nc(C)c(C)s1.I. The highest BCUT2D eigenvalue weighted by molar-refractivity contribution is 14.0. The highest BCUT2D eigenvalue weighted by Gasteiger charge is 2.05. The lowest BCUT2D eigenvalue weighted by Crippen LogP contribution is -2.43. The van der Waals surface area contributed by atoms with E-state index < -0.39 is 0 Å². The molecule has 0 saturated heterocycles. The molecule has 8 heteroatoms. The summed E-state index contributed by atoms with van der Waals surface area (Å²) in [7, 11) is 1.69. The summed E-state index contributed by atoms with van der Waals surface area (Å²) in [6.45, 7) is 7.81. The minimum atomic E-state index is -0.0222. The zero-order valence-electron chi connectivity index (χ0n) is 13.7. The predicted molar refractivity (Wildman–Crippen MR) is 103 cm³/mol. The van der Waals surface area contributed by atoms with Crippen LogP contribution >= 0.6 is 35.3 Å². The van der Waals surface area contributed by atoms with Crippen molar-refractivity contribution in [3.8, 4) is 0 Å². The van der Waals surface area contributed by atoms with Crippen molar-refractivity contribution in [1.82, 2.24) is 20.9 Å². The monoisotopic (exact) mass is 439 g/mol. The molecule has 126 valence electrons. The van der Waals surface area contributed by atoms with Gasteiger partial charge in [-0.25, -0.2) is 4.98 Å². The molecule has 0 aromatic carbocycles. The summed E-state index contributed by atoms with van der Waals surface area (Å²) in [6.07, 6.45) is 1.79. The Morgan fingerprint density at radius 3 is 2.50 bits per heavy atom. The van der Waals surface area contributed by atoms with Gasteiger partial charge in [0.1, 0.15) is 0 Å². The number of hydrogen-bond donors (Lipinski definition) is 3. The summed E-state index contributed by atoms with van der Waals surface area (Å²) >= 11 is 1.73. The maximum Gasteiger partial charge on any atom is 0.239 e. The van der Waals surface area contributed by atoms with E-state index in [0.29, 0.717) is 12.5 Å². The molecular formula is C14H26IN5OS. The van der Waals surface area contributed by atoms with E-state index in [1.807, 2.05) is 13.8 Å². The van der Waals surface area contributed by atoms with Crippen LogP contribution in [0.4, 0.5) is 0 Å². The number of guanidine groups is 1. The van der Waals surface area contributed by atoms with Crippen molar-refractivity contribution in [2.45, 2.75) is 33.6 Å². The van der Waals surface area contributed by atoms with Crippen LogP contribution in [-0.2, 0) is 11.2 Å². The van der Waals surface area contributed by atoms with E-state index in [1.165, 1.54) is 4.88 Å².